The Labute approximate surface area is 119 Å². The van der Waals surface area contributed by atoms with Crippen LogP contribution in [0.1, 0.15) is 0 Å². The molecule has 15 heavy (non-hydrogen) atoms. The SMILES string of the molecule is [CH3][Ge]([CH3])[CH3].[CH3][Ge]([CH3])[CH3].[Sb][c]1ccccc1. The van der Waals surface area contributed by atoms with Gasteiger partial charge in [-0.3, -0.25) is 0 Å². The normalized spacial score (nSPS) is 8.87. The third-order valence-corrected chi connectivity index (χ3v) is 1.61. The van der Waals surface area contributed by atoms with Crippen LogP contribution in [0, 0.1) is 0 Å². The van der Waals surface area contributed by atoms with Crippen molar-refractivity contribution < 1.29 is 0 Å². The molecule has 0 N–H and O–H groups in total. The summed E-state index contributed by atoms with van der Waals surface area (Å²) in [6.07, 6.45) is 0. The molecule has 0 amide bonds. The molecule has 0 fully saturated rings. The summed E-state index contributed by atoms with van der Waals surface area (Å²) in [4.78, 5) is 0. The van der Waals surface area contributed by atoms with Gasteiger partial charge in [-0.05, 0) is 0 Å². The fourth-order valence-corrected chi connectivity index (χ4v) is 0.919. The van der Waals surface area contributed by atoms with Crippen LogP contribution in [0.25, 0.3) is 0 Å². The quantitative estimate of drug-likeness (QED) is 0.551. The van der Waals surface area contributed by atoms with Gasteiger partial charge < -0.3 is 0 Å². The van der Waals surface area contributed by atoms with Gasteiger partial charge in [0.25, 0.3) is 0 Å². The summed E-state index contributed by atoms with van der Waals surface area (Å²) in [7, 11) is 0. The molecule has 0 atom stereocenters. The van der Waals surface area contributed by atoms with Gasteiger partial charge in [-0.1, -0.05) is 0 Å². The molecule has 0 saturated heterocycles. The second-order valence-corrected chi connectivity index (χ2v) is 18.4. The van der Waals surface area contributed by atoms with Crippen LogP contribution in [0.2, 0.25) is 34.5 Å². The molecule has 4 radical (unpaired) electrons. The zero-order valence-corrected chi connectivity index (χ0v) is 17.6. The predicted octanol–water partition coefficient (Wildman–Crippen LogP) is 3.22. The zero-order chi connectivity index (χ0) is 12.3. The third-order valence-electron chi connectivity index (χ3n) is 0.756. The Kier molecular flexibility index (Phi) is 16.3. The fraction of sp³-hybridized carbons (Fsp3) is 0.500. The molecule has 0 aliphatic rings. The molecule has 0 unspecified atom stereocenters. The molecule has 3 heteroatoms. The van der Waals surface area contributed by atoms with Gasteiger partial charge in [0.15, 0.2) is 0 Å². The second kappa shape index (κ2) is 13.2. The van der Waals surface area contributed by atoms with Crippen molar-refractivity contribution in [3.8, 4) is 0 Å². The van der Waals surface area contributed by atoms with E-state index in [1.54, 1.807) is 23.0 Å². The molecule has 0 nitrogen and oxygen atoms in total. The average molecular weight is 434 g/mol. The van der Waals surface area contributed by atoms with Crippen LogP contribution in [0.15, 0.2) is 30.3 Å². The summed E-state index contributed by atoms with van der Waals surface area (Å²) < 4.78 is 1.37. The molecule has 84 valence electrons. The standard InChI is InChI=1S/C6H5.2C3H9Ge.Sb/c1-2-4-6-5-3-1;2*1-4(2)3;/h1-5H;2*1-3H3;. The van der Waals surface area contributed by atoms with Gasteiger partial charge in [-0.2, -0.15) is 0 Å². The Hall–Kier alpha value is 1.12. The van der Waals surface area contributed by atoms with E-state index in [9.17, 15) is 0 Å². The van der Waals surface area contributed by atoms with Crippen molar-refractivity contribution in [2.24, 2.45) is 0 Å². The van der Waals surface area contributed by atoms with Crippen LogP contribution < -0.4 is 3.51 Å². The molecule has 0 spiro atoms. The predicted molar refractivity (Wildman–Crippen MR) is 78.5 cm³/mol. The number of rotatable bonds is 0. The molecule has 0 bridgehead atoms. The summed E-state index contributed by atoms with van der Waals surface area (Å²) >= 11 is 1.09. The van der Waals surface area contributed by atoms with Crippen molar-refractivity contribution in [3.05, 3.63) is 30.3 Å². The van der Waals surface area contributed by atoms with Gasteiger partial charge in [-0.25, -0.2) is 0 Å². The summed E-state index contributed by atoms with van der Waals surface area (Å²) in [6.45, 7) is 0. The number of benzene rings is 1. The summed E-state index contributed by atoms with van der Waals surface area (Å²) in [6, 6.07) is 10.3. The molecule has 0 aliphatic heterocycles. The second-order valence-electron chi connectivity index (χ2n) is 4.34. The first-order chi connectivity index (χ1) is 6.86. The van der Waals surface area contributed by atoms with E-state index >= 15 is 0 Å². The number of hydrogen-bond acceptors (Lipinski definition) is 0. The van der Waals surface area contributed by atoms with Crippen molar-refractivity contribution in [1.29, 1.82) is 0 Å². The Balaban J connectivity index is 0. The molecular weight excluding hydrogens is 411 g/mol. The van der Waals surface area contributed by atoms with Crippen LogP contribution >= 0.6 is 0 Å². The van der Waals surface area contributed by atoms with Gasteiger partial charge in [0.1, 0.15) is 0 Å². The zero-order valence-electron chi connectivity index (χ0n) is 10.8. The van der Waals surface area contributed by atoms with E-state index in [0.717, 1.165) is 0 Å². The van der Waals surface area contributed by atoms with Crippen LogP contribution in [-0.2, 0) is 0 Å². The van der Waals surface area contributed by atoms with Crippen LogP contribution in [0.4, 0.5) is 0 Å². The summed E-state index contributed by atoms with van der Waals surface area (Å²) in [5, 5.41) is 0. The third kappa shape index (κ3) is 31.3. The van der Waals surface area contributed by atoms with E-state index in [1.165, 1.54) is 3.51 Å². The topological polar surface area (TPSA) is 0 Å². The Morgan fingerprint density at radius 1 is 0.733 bits per heavy atom. The molecule has 0 aliphatic carbocycles. The van der Waals surface area contributed by atoms with E-state index in [0.29, 0.717) is 0 Å². The summed E-state index contributed by atoms with van der Waals surface area (Å²) in [5.41, 5.74) is 0. The molecule has 0 heterocycles. The van der Waals surface area contributed by atoms with Gasteiger partial charge in [-0.15, -0.1) is 0 Å². The van der Waals surface area contributed by atoms with E-state index in [2.05, 4.69) is 46.7 Å². The maximum absolute atomic E-state index is 2.33. The first-order valence-corrected chi connectivity index (χ1v) is 19.0. The minimum absolute atomic E-state index is 0.333. The van der Waals surface area contributed by atoms with Crippen LogP contribution in [-0.4, -0.2) is 51.7 Å². The average Bonchev–Trinajstić information content (AvgIpc) is 2.03. The van der Waals surface area contributed by atoms with Gasteiger partial charge in [0.05, 0.1) is 0 Å². The van der Waals surface area contributed by atoms with Gasteiger partial charge in [0, 0.05) is 0 Å². The van der Waals surface area contributed by atoms with E-state index in [4.69, 9.17) is 0 Å². The van der Waals surface area contributed by atoms with Gasteiger partial charge in [0.2, 0.25) is 0 Å². The van der Waals surface area contributed by atoms with E-state index in [-0.39, 0.29) is 28.7 Å². The van der Waals surface area contributed by atoms with Crippen LogP contribution in [0.3, 0.4) is 0 Å². The molecule has 0 aromatic heterocycles. The molecule has 1 aromatic rings. The van der Waals surface area contributed by atoms with Gasteiger partial charge >= 0.3 is 120 Å². The molecule has 1 aromatic carbocycles. The van der Waals surface area contributed by atoms with Crippen molar-refractivity contribution in [2.45, 2.75) is 34.5 Å². The molecular formula is C12H23Ge2Sb. The van der Waals surface area contributed by atoms with E-state index < -0.39 is 0 Å². The fourth-order valence-electron chi connectivity index (χ4n) is 0.428. The van der Waals surface area contributed by atoms with Crippen LogP contribution in [0.5, 0.6) is 0 Å². The van der Waals surface area contributed by atoms with E-state index in [1.807, 2.05) is 18.2 Å². The molecule has 1 rings (SSSR count). The van der Waals surface area contributed by atoms with Crippen molar-refractivity contribution in [2.75, 3.05) is 0 Å². The monoisotopic (exact) mass is 436 g/mol. The maximum atomic E-state index is 2.33. The Morgan fingerprint density at radius 2 is 1.00 bits per heavy atom. The van der Waals surface area contributed by atoms with Crippen molar-refractivity contribution in [3.63, 3.8) is 0 Å². The Bertz CT molecular complexity index is 199. The first kappa shape index (κ1) is 18.5. The summed E-state index contributed by atoms with van der Waals surface area (Å²) in [5.74, 6) is 14.0. The van der Waals surface area contributed by atoms with Crippen molar-refractivity contribution >= 4 is 55.2 Å². The number of hydrogen-bond donors (Lipinski definition) is 0. The minimum atomic E-state index is -0.333. The first-order valence-electron chi connectivity index (χ1n) is 5.13. The molecule has 0 saturated carbocycles. The Morgan fingerprint density at radius 3 is 1.13 bits per heavy atom. The van der Waals surface area contributed by atoms with Crippen molar-refractivity contribution in [1.82, 2.24) is 0 Å².